The van der Waals surface area contributed by atoms with Crippen LogP contribution < -0.4 is 5.32 Å². The first kappa shape index (κ1) is 14.4. The van der Waals surface area contributed by atoms with E-state index < -0.39 is 0 Å². The summed E-state index contributed by atoms with van der Waals surface area (Å²) in [6, 6.07) is 7.38. The highest BCUT2D eigenvalue weighted by molar-refractivity contribution is 6.00. The average molecular weight is 276 g/mol. The third-order valence-electron chi connectivity index (χ3n) is 3.83. The van der Waals surface area contributed by atoms with Crippen LogP contribution in [0, 0.1) is 11.8 Å². The number of carbonyl (C=O) groups is 2. The van der Waals surface area contributed by atoms with Crippen molar-refractivity contribution in [2.75, 3.05) is 32.6 Å². The quantitative estimate of drug-likeness (QED) is 0.852. The molecule has 1 heterocycles. The maximum Gasteiger partial charge on any atom is 0.310 e. The van der Waals surface area contributed by atoms with E-state index in [0.717, 1.165) is 5.69 Å². The number of rotatable bonds is 3. The molecule has 108 valence electrons. The zero-order chi connectivity index (χ0) is 14.7. The zero-order valence-electron chi connectivity index (χ0n) is 12.1. The van der Waals surface area contributed by atoms with E-state index in [1.54, 1.807) is 18.0 Å². The molecule has 1 aromatic carbocycles. The third-order valence-corrected chi connectivity index (χ3v) is 3.83. The van der Waals surface area contributed by atoms with Gasteiger partial charge in [-0.25, -0.2) is 0 Å². The molecule has 2 rings (SSSR count). The molecule has 0 saturated carbocycles. The van der Waals surface area contributed by atoms with Gasteiger partial charge >= 0.3 is 5.97 Å². The number of carbonyl (C=O) groups excluding carboxylic acids is 2. The van der Waals surface area contributed by atoms with Gasteiger partial charge in [0, 0.05) is 25.8 Å². The number of esters is 1. The molecule has 1 aliphatic heterocycles. The van der Waals surface area contributed by atoms with E-state index in [1.807, 2.05) is 25.1 Å². The summed E-state index contributed by atoms with van der Waals surface area (Å²) >= 11 is 0. The van der Waals surface area contributed by atoms with E-state index in [2.05, 4.69) is 5.32 Å². The second-order valence-corrected chi connectivity index (χ2v) is 5.11. The summed E-state index contributed by atoms with van der Waals surface area (Å²) in [4.78, 5) is 26.0. The first-order chi connectivity index (χ1) is 9.58. The van der Waals surface area contributed by atoms with Crippen molar-refractivity contribution in [1.82, 2.24) is 4.90 Å². The molecule has 1 aromatic rings. The molecule has 1 saturated heterocycles. The molecule has 20 heavy (non-hydrogen) atoms. The molecular formula is C15H20N2O3. The number of amides is 1. The minimum absolute atomic E-state index is 0.0480. The largest absolute Gasteiger partial charge is 0.469 e. The standard InChI is InChI=1S/C15H20N2O3/c1-10-8-17(9-12(10)15(19)20-3)14(18)11-6-4-5-7-13(11)16-2/h4-7,10,12,16H,8-9H2,1-3H3. The second-order valence-electron chi connectivity index (χ2n) is 5.11. The highest BCUT2D eigenvalue weighted by atomic mass is 16.5. The summed E-state index contributed by atoms with van der Waals surface area (Å²) in [6.45, 7) is 2.97. The maximum absolute atomic E-state index is 12.6. The monoisotopic (exact) mass is 276 g/mol. The number of hydrogen-bond acceptors (Lipinski definition) is 4. The van der Waals surface area contributed by atoms with Crippen molar-refractivity contribution in [3.8, 4) is 0 Å². The van der Waals surface area contributed by atoms with Crippen molar-refractivity contribution in [2.45, 2.75) is 6.92 Å². The summed E-state index contributed by atoms with van der Waals surface area (Å²) in [7, 11) is 3.17. The molecule has 0 radical (unpaired) electrons. The van der Waals surface area contributed by atoms with Crippen molar-refractivity contribution in [1.29, 1.82) is 0 Å². The minimum atomic E-state index is -0.241. The minimum Gasteiger partial charge on any atom is -0.469 e. The molecule has 5 nitrogen and oxygen atoms in total. The smallest absolute Gasteiger partial charge is 0.310 e. The van der Waals surface area contributed by atoms with Crippen LogP contribution >= 0.6 is 0 Å². The van der Waals surface area contributed by atoms with Gasteiger partial charge in [0.05, 0.1) is 18.6 Å². The van der Waals surface area contributed by atoms with Gasteiger partial charge in [-0.3, -0.25) is 9.59 Å². The molecule has 1 amide bonds. The van der Waals surface area contributed by atoms with Crippen molar-refractivity contribution in [3.63, 3.8) is 0 Å². The number of hydrogen-bond donors (Lipinski definition) is 1. The van der Waals surface area contributed by atoms with Crippen molar-refractivity contribution in [2.24, 2.45) is 11.8 Å². The van der Waals surface area contributed by atoms with Gasteiger partial charge in [-0.2, -0.15) is 0 Å². The predicted octanol–water partition coefficient (Wildman–Crippen LogP) is 1.61. The van der Waals surface area contributed by atoms with Crippen LogP contribution in [0.5, 0.6) is 0 Å². The van der Waals surface area contributed by atoms with E-state index in [1.165, 1.54) is 7.11 Å². The summed E-state index contributed by atoms with van der Waals surface area (Å²) in [5.74, 6) is -0.401. The van der Waals surface area contributed by atoms with Gasteiger partial charge < -0.3 is 15.0 Å². The van der Waals surface area contributed by atoms with Crippen LogP contribution in [-0.4, -0.2) is 44.0 Å². The summed E-state index contributed by atoms with van der Waals surface area (Å²) in [6.07, 6.45) is 0. The Balaban J connectivity index is 2.17. The van der Waals surface area contributed by atoms with Crippen LogP contribution in [0.25, 0.3) is 0 Å². The van der Waals surface area contributed by atoms with Crippen molar-refractivity contribution < 1.29 is 14.3 Å². The molecule has 2 unspecified atom stereocenters. The van der Waals surface area contributed by atoms with Crippen LogP contribution in [0.2, 0.25) is 0 Å². The number of nitrogens with zero attached hydrogens (tertiary/aromatic N) is 1. The summed E-state index contributed by atoms with van der Waals surface area (Å²) in [5, 5.41) is 3.02. The van der Waals surface area contributed by atoms with E-state index in [4.69, 9.17) is 4.74 Å². The molecule has 1 fully saturated rings. The van der Waals surface area contributed by atoms with Crippen molar-refractivity contribution in [3.05, 3.63) is 29.8 Å². The lowest BCUT2D eigenvalue weighted by Gasteiger charge is -2.18. The van der Waals surface area contributed by atoms with Crippen LogP contribution in [0.3, 0.4) is 0 Å². The van der Waals surface area contributed by atoms with Gasteiger partial charge in [-0.15, -0.1) is 0 Å². The Hall–Kier alpha value is -2.04. The van der Waals surface area contributed by atoms with Gasteiger partial charge in [0.25, 0.3) is 5.91 Å². The Morgan fingerprint density at radius 2 is 2.00 bits per heavy atom. The lowest BCUT2D eigenvalue weighted by atomic mass is 9.99. The Morgan fingerprint density at radius 3 is 2.65 bits per heavy atom. The van der Waals surface area contributed by atoms with Crippen molar-refractivity contribution >= 4 is 17.6 Å². The van der Waals surface area contributed by atoms with Crippen LogP contribution in [0.4, 0.5) is 5.69 Å². The normalized spacial score (nSPS) is 21.6. The molecule has 0 bridgehead atoms. The molecular weight excluding hydrogens is 256 g/mol. The fraction of sp³-hybridized carbons (Fsp3) is 0.467. The zero-order valence-corrected chi connectivity index (χ0v) is 12.1. The van der Waals surface area contributed by atoms with Gasteiger partial charge in [-0.1, -0.05) is 19.1 Å². The van der Waals surface area contributed by atoms with Crippen LogP contribution in [0.1, 0.15) is 17.3 Å². The highest BCUT2D eigenvalue weighted by Crippen LogP contribution is 2.27. The molecule has 5 heteroatoms. The average Bonchev–Trinajstić information content (AvgIpc) is 2.87. The molecule has 1 N–H and O–H groups in total. The van der Waals surface area contributed by atoms with Gasteiger partial charge in [0.2, 0.25) is 0 Å². The van der Waals surface area contributed by atoms with Crippen LogP contribution in [0.15, 0.2) is 24.3 Å². The van der Waals surface area contributed by atoms with Crippen LogP contribution in [-0.2, 0) is 9.53 Å². The molecule has 0 aliphatic carbocycles. The number of likely N-dealkylation sites (tertiary alicyclic amines) is 1. The fourth-order valence-electron chi connectivity index (χ4n) is 2.65. The molecule has 1 aliphatic rings. The van der Waals surface area contributed by atoms with Gasteiger partial charge in [0.1, 0.15) is 0 Å². The number of para-hydroxylation sites is 1. The highest BCUT2D eigenvalue weighted by Gasteiger charge is 2.38. The number of nitrogens with one attached hydrogen (secondary N) is 1. The molecule has 2 atom stereocenters. The number of anilines is 1. The maximum atomic E-state index is 12.6. The molecule has 0 spiro atoms. The van der Waals surface area contributed by atoms with E-state index in [-0.39, 0.29) is 23.7 Å². The first-order valence-corrected chi connectivity index (χ1v) is 6.72. The Labute approximate surface area is 118 Å². The SMILES string of the molecule is CNc1ccccc1C(=O)N1CC(C)C(C(=O)OC)C1. The number of methoxy groups -OCH3 is 1. The third kappa shape index (κ3) is 2.61. The van der Waals surface area contributed by atoms with E-state index >= 15 is 0 Å². The lowest BCUT2D eigenvalue weighted by Crippen LogP contribution is -2.30. The van der Waals surface area contributed by atoms with Gasteiger partial charge in [-0.05, 0) is 18.1 Å². The van der Waals surface area contributed by atoms with E-state index in [9.17, 15) is 9.59 Å². The van der Waals surface area contributed by atoms with E-state index in [0.29, 0.717) is 18.7 Å². The Bertz CT molecular complexity index is 516. The second kappa shape index (κ2) is 5.94. The number of ether oxygens (including phenoxy) is 1. The topological polar surface area (TPSA) is 58.6 Å². The lowest BCUT2D eigenvalue weighted by molar-refractivity contribution is -0.146. The first-order valence-electron chi connectivity index (χ1n) is 6.72. The number of benzene rings is 1. The summed E-state index contributed by atoms with van der Waals surface area (Å²) in [5.41, 5.74) is 1.43. The Kier molecular flexibility index (Phi) is 4.27. The predicted molar refractivity (Wildman–Crippen MR) is 76.6 cm³/mol. The fourth-order valence-corrected chi connectivity index (χ4v) is 2.65. The summed E-state index contributed by atoms with van der Waals surface area (Å²) < 4.78 is 4.79. The Morgan fingerprint density at radius 1 is 1.30 bits per heavy atom. The van der Waals surface area contributed by atoms with Gasteiger partial charge in [0.15, 0.2) is 0 Å². The molecule has 0 aromatic heterocycles.